The van der Waals surface area contributed by atoms with Crippen molar-refractivity contribution < 1.29 is 9.47 Å². The number of ether oxygens (including phenoxy) is 2. The average Bonchev–Trinajstić information content (AvgIpc) is 2.94. The summed E-state index contributed by atoms with van der Waals surface area (Å²) in [6.45, 7) is 6.71. The molecule has 0 fully saturated rings. The van der Waals surface area contributed by atoms with Gasteiger partial charge in [-0.3, -0.25) is 0 Å². The summed E-state index contributed by atoms with van der Waals surface area (Å²) in [6.07, 6.45) is 0. The van der Waals surface area contributed by atoms with Gasteiger partial charge in [-0.1, -0.05) is 93.0 Å². The van der Waals surface area contributed by atoms with Gasteiger partial charge in [0.1, 0.15) is 11.5 Å². The fourth-order valence-corrected chi connectivity index (χ4v) is 4.59. The van der Waals surface area contributed by atoms with Crippen LogP contribution in [-0.4, -0.2) is 14.2 Å². The molecule has 0 heterocycles. The number of benzene rings is 5. The number of fused-ring (bicyclic) bond motifs is 2. The Bertz CT molecular complexity index is 1780. The summed E-state index contributed by atoms with van der Waals surface area (Å²) in [5.74, 6) is 15.4. The Kier molecular flexibility index (Phi) is 6.83. The van der Waals surface area contributed by atoms with E-state index in [0.717, 1.165) is 55.3 Å². The van der Waals surface area contributed by atoms with Crippen molar-refractivity contribution in [3.63, 3.8) is 0 Å². The van der Waals surface area contributed by atoms with Crippen molar-refractivity contribution in [2.24, 2.45) is 0 Å². The number of methoxy groups -OCH3 is 2. The second kappa shape index (κ2) is 10.4. The third-order valence-corrected chi connectivity index (χ3v) is 6.69. The zero-order chi connectivity index (χ0) is 26.7. The first-order chi connectivity index (χ1) is 18.4. The van der Waals surface area contributed by atoms with Crippen molar-refractivity contribution >= 4 is 21.5 Å². The van der Waals surface area contributed by atoms with E-state index < -0.39 is 0 Å². The third kappa shape index (κ3) is 5.08. The van der Waals surface area contributed by atoms with Crippen molar-refractivity contribution in [2.45, 2.75) is 26.2 Å². The van der Waals surface area contributed by atoms with Crippen LogP contribution in [0.2, 0.25) is 0 Å². The normalized spacial score (nSPS) is 10.9. The van der Waals surface area contributed by atoms with Crippen LogP contribution in [0.3, 0.4) is 0 Å². The Balaban J connectivity index is 1.80. The Labute approximate surface area is 225 Å². The van der Waals surface area contributed by atoms with E-state index in [1.54, 1.807) is 14.2 Å². The summed E-state index contributed by atoms with van der Waals surface area (Å²) in [7, 11) is 3.35. The molecule has 38 heavy (non-hydrogen) atoms. The molecule has 2 heteroatoms. The molecule has 0 aromatic heterocycles. The molecule has 5 rings (SSSR count). The molecule has 0 saturated heterocycles. The number of hydrogen-bond donors (Lipinski definition) is 0. The third-order valence-electron chi connectivity index (χ3n) is 6.69. The molecule has 0 bridgehead atoms. The zero-order valence-corrected chi connectivity index (χ0v) is 22.5. The van der Waals surface area contributed by atoms with Gasteiger partial charge >= 0.3 is 0 Å². The maximum Gasteiger partial charge on any atom is 0.120 e. The number of hydrogen-bond acceptors (Lipinski definition) is 2. The Morgan fingerprint density at radius 2 is 1.00 bits per heavy atom. The van der Waals surface area contributed by atoms with Crippen LogP contribution >= 0.6 is 0 Å². The van der Waals surface area contributed by atoms with E-state index in [1.807, 2.05) is 48.5 Å². The lowest BCUT2D eigenvalue weighted by molar-refractivity contribution is 0.414. The maximum absolute atomic E-state index is 5.40. The lowest BCUT2D eigenvalue weighted by atomic mass is 9.83. The van der Waals surface area contributed by atoms with Crippen LogP contribution in [0.4, 0.5) is 0 Å². The molecule has 0 amide bonds. The minimum atomic E-state index is 0.00373. The van der Waals surface area contributed by atoms with E-state index in [0.29, 0.717) is 0 Å². The van der Waals surface area contributed by atoms with Crippen LogP contribution in [0, 0.1) is 23.7 Å². The van der Waals surface area contributed by atoms with Gasteiger partial charge in [-0.25, -0.2) is 0 Å². The van der Waals surface area contributed by atoms with E-state index in [1.165, 1.54) is 5.56 Å². The van der Waals surface area contributed by atoms with Gasteiger partial charge in [0.25, 0.3) is 0 Å². The topological polar surface area (TPSA) is 18.5 Å². The first-order valence-corrected chi connectivity index (χ1v) is 12.7. The number of rotatable bonds is 2. The Hall–Kier alpha value is -4.66. The van der Waals surface area contributed by atoms with Gasteiger partial charge in [-0.05, 0) is 75.0 Å². The Morgan fingerprint density at radius 3 is 1.50 bits per heavy atom. The van der Waals surface area contributed by atoms with Gasteiger partial charge in [0.2, 0.25) is 0 Å². The zero-order valence-electron chi connectivity index (χ0n) is 22.5. The molecule has 0 aliphatic carbocycles. The average molecular weight is 495 g/mol. The van der Waals surface area contributed by atoms with Gasteiger partial charge in [0.05, 0.1) is 14.2 Å². The molecule has 0 atom stereocenters. The fourth-order valence-electron chi connectivity index (χ4n) is 4.59. The standard InChI is InChI=1S/C36H30O2/c1-36(2,3)27-18-21-34-32(19-16-25-10-8-12-28(22-25)37-4)30-14-6-7-15-31(30)33(35(34)24-27)20-17-26-11-9-13-29(23-26)38-5/h6-15,18,21-24H,1-5H3. The summed E-state index contributed by atoms with van der Waals surface area (Å²) in [4.78, 5) is 0. The smallest absolute Gasteiger partial charge is 0.120 e. The van der Waals surface area contributed by atoms with Crippen LogP contribution in [0.25, 0.3) is 21.5 Å². The molecule has 0 aliphatic heterocycles. The highest BCUT2D eigenvalue weighted by Crippen LogP contribution is 2.35. The van der Waals surface area contributed by atoms with Crippen molar-refractivity contribution in [1.82, 2.24) is 0 Å². The van der Waals surface area contributed by atoms with Gasteiger partial charge in [0, 0.05) is 22.3 Å². The molecule has 0 N–H and O–H groups in total. The molecule has 5 aromatic rings. The second-order valence-corrected chi connectivity index (χ2v) is 10.3. The highest BCUT2D eigenvalue weighted by Gasteiger charge is 2.17. The predicted molar refractivity (Wildman–Crippen MR) is 158 cm³/mol. The van der Waals surface area contributed by atoms with Crippen molar-refractivity contribution in [3.8, 4) is 35.2 Å². The van der Waals surface area contributed by atoms with E-state index >= 15 is 0 Å². The van der Waals surface area contributed by atoms with Crippen LogP contribution in [0.1, 0.15) is 48.6 Å². The van der Waals surface area contributed by atoms with Gasteiger partial charge in [-0.15, -0.1) is 0 Å². The summed E-state index contributed by atoms with van der Waals surface area (Å²) < 4.78 is 10.8. The van der Waals surface area contributed by atoms with Crippen LogP contribution in [-0.2, 0) is 5.41 Å². The fraction of sp³-hybridized carbons (Fsp3) is 0.167. The molecule has 0 saturated carbocycles. The van der Waals surface area contributed by atoms with Crippen molar-refractivity contribution in [2.75, 3.05) is 14.2 Å². The van der Waals surface area contributed by atoms with Gasteiger partial charge in [0.15, 0.2) is 0 Å². The van der Waals surface area contributed by atoms with Gasteiger partial charge in [-0.2, -0.15) is 0 Å². The monoisotopic (exact) mass is 494 g/mol. The van der Waals surface area contributed by atoms with Crippen molar-refractivity contribution in [1.29, 1.82) is 0 Å². The summed E-state index contributed by atoms with van der Waals surface area (Å²) in [5.41, 5.74) is 5.10. The lowest BCUT2D eigenvalue weighted by Gasteiger charge is -2.21. The first kappa shape index (κ1) is 25.0. The van der Waals surface area contributed by atoms with Crippen LogP contribution in [0.5, 0.6) is 11.5 Å². The van der Waals surface area contributed by atoms with E-state index in [9.17, 15) is 0 Å². The highest BCUT2D eigenvalue weighted by molar-refractivity contribution is 6.10. The molecule has 5 aromatic carbocycles. The minimum Gasteiger partial charge on any atom is -0.497 e. The highest BCUT2D eigenvalue weighted by atomic mass is 16.5. The van der Waals surface area contributed by atoms with Crippen LogP contribution in [0.15, 0.2) is 91.0 Å². The molecule has 186 valence electrons. The Morgan fingerprint density at radius 1 is 0.500 bits per heavy atom. The minimum absolute atomic E-state index is 0.00373. The van der Waals surface area contributed by atoms with E-state index in [2.05, 4.69) is 86.9 Å². The summed E-state index contributed by atoms with van der Waals surface area (Å²) in [6, 6.07) is 30.8. The SMILES string of the molecule is COc1cccc(C#Cc2c3ccccc3c(C#Cc3cccc(OC)c3)c3cc(C(C)(C)C)ccc23)c1. The lowest BCUT2D eigenvalue weighted by Crippen LogP contribution is -2.10. The van der Waals surface area contributed by atoms with E-state index in [-0.39, 0.29) is 5.41 Å². The molecule has 0 radical (unpaired) electrons. The maximum atomic E-state index is 5.40. The molecule has 0 unspecified atom stereocenters. The summed E-state index contributed by atoms with van der Waals surface area (Å²) >= 11 is 0. The molecule has 0 aliphatic rings. The van der Waals surface area contributed by atoms with Gasteiger partial charge < -0.3 is 9.47 Å². The predicted octanol–water partition coefficient (Wildman–Crippen LogP) is 8.11. The quantitative estimate of drug-likeness (QED) is 0.182. The molecule has 2 nitrogen and oxygen atoms in total. The largest absolute Gasteiger partial charge is 0.497 e. The van der Waals surface area contributed by atoms with E-state index in [4.69, 9.17) is 9.47 Å². The van der Waals surface area contributed by atoms with Crippen LogP contribution < -0.4 is 9.47 Å². The second-order valence-electron chi connectivity index (χ2n) is 10.3. The summed E-state index contributed by atoms with van der Waals surface area (Å²) in [5, 5.41) is 4.40. The molecule has 0 spiro atoms. The molecular weight excluding hydrogens is 464 g/mol. The molecular formula is C36H30O2. The van der Waals surface area contributed by atoms with Crippen molar-refractivity contribution in [3.05, 3.63) is 119 Å². The first-order valence-electron chi connectivity index (χ1n) is 12.7.